The molecule has 0 heterocycles. The number of rotatable bonds is 8. The number of aliphatic hydroxyl groups is 1. The maximum atomic E-state index is 9.41. The van der Waals surface area contributed by atoms with Crippen LogP contribution in [0.4, 0.5) is 0 Å². The molecule has 0 bridgehead atoms. The van der Waals surface area contributed by atoms with Crippen LogP contribution in [0.5, 0.6) is 0 Å². The predicted octanol–water partition coefficient (Wildman–Crippen LogP) is 3.91. The Labute approximate surface area is 134 Å². The van der Waals surface area contributed by atoms with E-state index in [2.05, 4.69) is 72.6 Å². The molecule has 1 N–H and O–H groups in total. The third-order valence-electron chi connectivity index (χ3n) is 4.13. The van der Waals surface area contributed by atoms with Crippen molar-refractivity contribution in [2.75, 3.05) is 20.1 Å². The van der Waals surface area contributed by atoms with E-state index in [4.69, 9.17) is 0 Å². The van der Waals surface area contributed by atoms with E-state index in [9.17, 15) is 5.11 Å². The fourth-order valence-corrected chi connectivity index (χ4v) is 2.76. The summed E-state index contributed by atoms with van der Waals surface area (Å²) in [4.78, 5) is 2.31. The highest BCUT2D eigenvalue weighted by Crippen LogP contribution is 2.27. The van der Waals surface area contributed by atoms with Gasteiger partial charge in [0.15, 0.2) is 0 Å². The minimum absolute atomic E-state index is 0.221. The molecule has 1 unspecified atom stereocenters. The summed E-state index contributed by atoms with van der Waals surface area (Å²) in [5.41, 5.74) is 2.75. The lowest BCUT2D eigenvalue weighted by atomic mass is 9.88. The molecule has 0 fully saturated rings. The van der Waals surface area contributed by atoms with Crippen LogP contribution in [0.1, 0.15) is 36.8 Å². The van der Waals surface area contributed by atoms with Gasteiger partial charge in [0.05, 0.1) is 6.10 Å². The fourth-order valence-electron chi connectivity index (χ4n) is 2.76. The molecular weight excluding hydrogens is 270 g/mol. The number of benzene rings is 2. The van der Waals surface area contributed by atoms with Crippen LogP contribution in [0.15, 0.2) is 60.7 Å². The first kappa shape index (κ1) is 16.7. The zero-order valence-corrected chi connectivity index (χ0v) is 13.7. The molecule has 0 spiro atoms. The largest absolute Gasteiger partial charge is 0.393 e. The minimum atomic E-state index is -0.221. The van der Waals surface area contributed by atoms with Crippen molar-refractivity contribution in [2.24, 2.45) is 0 Å². The molecule has 0 saturated carbocycles. The highest BCUT2D eigenvalue weighted by molar-refractivity contribution is 5.32. The summed E-state index contributed by atoms with van der Waals surface area (Å²) in [5, 5.41) is 9.41. The normalized spacial score (nSPS) is 12.8. The molecule has 0 amide bonds. The van der Waals surface area contributed by atoms with Crippen LogP contribution in [0.3, 0.4) is 0 Å². The minimum Gasteiger partial charge on any atom is -0.393 e. The molecule has 0 aliphatic carbocycles. The molecule has 2 rings (SSSR count). The van der Waals surface area contributed by atoms with Gasteiger partial charge in [-0.15, -0.1) is 0 Å². The molecule has 0 aromatic heterocycles. The van der Waals surface area contributed by atoms with Gasteiger partial charge >= 0.3 is 0 Å². The monoisotopic (exact) mass is 297 g/mol. The summed E-state index contributed by atoms with van der Waals surface area (Å²) in [6.45, 7) is 3.82. The van der Waals surface area contributed by atoms with Crippen molar-refractivity contribution in [3.63, 3.8) is 0 Å². The average molecular weight is 297 g/mol. The van der Waals surface area contributed by atoms with E-state index >= 15 is 0 Å². The molecule has 0 aliphatic heterocycles. The van der Waals surface area contributed by atoms with Crippen molar-refractivity contribution in [1.82, 2.24) is 4.90 Å². The van der Waals surface area contributed by atoms with Crippen molar-refractivity contribution in [3.8, 4) is 0 Å². The average Bonchev–Trinajstić information content (AvgIpc) is 2.55. The molecule has 0 radical (unpaired) electrons. The van der Waals surface area contributed by atoms with E-state index < -0.39 is 0 Å². The van der Waals surface area contributed by atoms with Gasteiger partial charge in [0.25, 0.3) is 0 Å². The Morgan fingerprint density at radius 3 is 1.73 bits per heavy atom. The summed E-state index contributed by atoms with van der Waals surface area (Å²) in [6.07, 6.45) is 1.70. The smallest absolute Gasteiger partial charge is 0.0524 e. The van der Waals surface area contributed by atoms with Crippen LogP contribution in [0.25, 0.3) is 0 Å². The third-order valence-corrected chi connectivity index (χ3v) is 4.13. The van der Waals surface area contributed by atoms with Gasteiger partial charge in [-0.2, -0.15) is 0 Å². The van der Waals surface area contributed by atoms with E-state index in [1.54, 1.807) is 0 Å². The van der Waals surface area contributed by atoms with Gasteiger partial charge in [0, 0.05) is 12.5 Å². The molecule has 2 heteroatoms. The van der Waals surface area contributed by atoms with Gasteiger partial charge in [-0.25, -0.2) is 0 Å². The zero-order chi connectivity index (χ0) is 15.8. The van der Waals surface area contributed by atoms with Gasteiger partial charge in [0.1, 0.15) is 0 Å². The SMILES string of the molecule is CC(O)CCN(C)CCC(c1ccccc1)c1ccccc1. The van der Waals surface area contributed by atoms with Crippen molar-refractivity contribution in [3.05, 3.63) is 71.8 Å². The Kier molecular flexibility index (Phi) is 6.63. The summed E-state index contributed by atoms with van der Waals surface area (Å²) in [6, 6.07) is 21.5. The van der Waals surface area contributed by atoms with Crippen LogP contribution in [0, 0.1) is 0 Å². The Morgan fingerprint density at radius 2 is 1.27 bits per heavy atom. The van der Waals surface area contributed by atoms with Crippen LogP contribution in [-0.4, -0.2) is 36.2 Å². The summed E-state index contributed by atoms with van der Waals surface area (Å²) >= 11 is 0. The Morgan fingerprint density at radius 1 is 0.818 bits per heavy atom. The first-order chi connectivity index (χ1) is 10.7. The van der Waals surface area contributed by atoms with E-state index in [-0.39, 0.29) is 6.10 Å². The second kappa shape index (κ2) is 8.72. The van der Waals surface area contributed by atoms with Crippen molar-refractivity contribution < 1.29 is 5.11 Å². The Balaban J connectivity index is 2.03. The van der Waals surface area contributed by atoms with Gasteiger partial charge in [-0.05, 0) is 44.5 Å². The maximum absolute atomic E-state index is 9.41. The summed E-state index contributed by atoms with van der Waals surface area (Å²) < 4.78 is 0. The first-order valence-corrected chi connectivity index (χ1v) is 8.13. The Bertz CT molecular complexity index is 484. The molecule has 118 valence electrons. The van der Waals surface area contributed by atoms with Crippen LogP contribution in [-0.2, 0) is 0 Å². The van der Waals surface area contributed by atoms with E-state index in [0.29, 0.717) is 5.92 Å². The molecule has 22 heavy (non-hydrogen) atoms. The van der Waals surface area contributed by atoms with Crippen molar-refractivity contribution in [1.29, 1.82) is 0 Å². The van der Waals surface area contributed by atoms with Crippen LogP contribution in [0.2, 0.25) is 0 Å². The molecule has 0 aliphatic rings. The highest BCUT2D eigenvalue weighted by atomic mass is 16.3. The summed E-state index contributed by atoms with van der Waals surface area (Å²) in [7, 11) is 2.13. The number of nitrogens with zero attached hydrogens (tertiary/aromatic N) is 1. The van der Waals surface area contributed by atoms with Crippen LogP contribution >= 0.6 is 0 Å². The van der Waals surface area contributed by atoms with Gasteiger partial charge in [-0.3, -0.25) is 0 Å². The van der Waals surface area contributed by atoms with E-state index in [1.807, 2.05) is 6.92 Å². The lowest BCUT2D eigenvalue weighted by Crippen LogP contribution is -2.25. The highest BCUT2D eigenvalue weighted by Gasteiger charge is 2.14. The molecule has 2 aromatic rings. The van der Waals surface area contributed by atoms with Gasteiger partial charge < -0.3 is 10.0 Å². The predicted molar refractivity (Wildman–Crippen MR) is 93.1 cm³/mol. The zero-order valence-electron chi connectivity index (χ0n) is 13.7. The standard InChI is InChI=1S/C20H27NO/c1-17(22)13-15-21(2)16-14-20(18-9-5-3-6-10-18)19-11-7-4-8-12-19/h3-12,17,20,22H,13-16H2,1-2H3. The maximum Gasteiger partial charge on any atom is 0.0524 e. The second-order valence-corrected chi connectivity index (χ2v) is 6.10. The molecular formula is C20H27NO. The van der Waals surface area contributed by atoms with Gasteiger partial charge in [0.2, 0.25) is 0 Å². The third kappa shape index (κ3) is 5.28. The first-order valence-electron chi connectivity index (χ1n) is 8.13. The Hall–Kier alpha value is -1.64. The summed E-state index contributed by atoms with van der Waals surface area (Å²) in [5.74, 6) is 0.427. The lowest BCUT2D eigenvalue weighted by Gasteiger charge is -2.23. The number of hydrogen-bond acceptors (Lipinski definition) is 2. The van der Waals surface area contributed by atoms with E-state index in [1.165, 1.54) is 11.1 Å². The lowest BCUT2D eigenvalue weighted by molar-refractivity contribution is 0.164. The number of aliphatic hydroxyl groups excluding tert-OH is 1. The quantitative estimate of drug-likeness (QED) is 0.798. The van der Waals surface area contributed by atoms with Gasteiger partial charge in [-0.1, -0.05) is 60.7 Å². The van der Waals surface area contributed by atoms with Crippen LogP contribution < -0.4 is 0 Å². The molecule has 2 aromatic carbocycles. The second-order valence-electron chi connectivity index (χ2n) is 6.10. The molecule has 0 saturated heterocycles. The van der Waals surface area contributed by atoms with Crippen molar-refractivity contribution >= 4 is 0 Å². The topological polar surface area (TPSA) is 23.5 Å². The molecule has 2 nitrogen and oxygen atoms in total. The van der Waals surface area contributed by atoms with E-state index in [0.717, 1.165) is 25.9 Å². The van der Waals surface area contributed by atoms with Crippen molar-refractivity contribution in [2.45, 2.75) is 31.8 Å². The number of hydrogen-bond donors (Lipinski definition) is 1. The molecule has 1 atom stereocenters. The fraction of sp³-hybridized carbons (Fsp3) is 0.400.